The summed E-state index contributed by atoms with van der Waals surface area (Å²) in [6.45, 7) is 5.33. The van der Waals surface area contributed by atoms with Gasteiger partial charge in [-0.2, -0.15) is 5.10 Å². The Hall–Kier alpha value is -3.25. The van der Waals surface area contributed by atoms with Crippen LogP contribution in [0.1, 0.15) is 5.69 Å². The van der Waals surface area contributed by atoms with E-state index in [1.165, 1.54) is 5.69 Å². The zero-order valence-corrected chi connectivity index (χ0v) is 16.3. The molecule has 0 spiro atoms. The SMILES string of the molecule is Cc1cccc(-c2n[nH]cc2-c2ccc3ncc(N4CC5CNC5C4)cc3c2)n1. The number of benzene rings is 1. The van der Waals surface area contributed by atoms with Crippen LogP contribution >= 0.6 is 0 Å². The number of hydrogen-bond donors (Lipinski definition) is 2. The minimum atomic E-state index is 0.646. The van der Waals surface area contributed by atoms with E-state index < -0.39 is 0 Å². The van der Waals surface area contributed by atoms with Gasteiger partial charge in [-0.05, 0) is 42.8 Å². The minimum absolute atomic E-state index is 0.646. The molecule has 29 heavy (non-hydrogen) atoms. The lowest BCUT2D eigenvalue weighted by Gasteiger charge is -2.29. The van der Waals surface area contributed by atoms with E-state index in [1.54, 1.807) is 0 Å². The molecule has 0 aliphatic carbocycles. The molecule has 6 rings (SSSR count). The summed E-state index contributed by atoms with van der Waals surface area (Å²) in [6.07, 6.45) is 3.95. The van der Waals surface area contributed by atoms with Crippen LogP contribution in [0.25, 0.3) is 33.4 Å². The molecular formula is C23H22N6. The fraction of sp³-hybridized carbons (Fsp3) is 0.261. The maximum absolute atomic E-state index is 4.71. The number of H-pyrrole nitrogens is 1. The summed E-state index contributed by atoms with van der Waals surface area (Å²) in [4.78, 5) is 11.8. The zero-order valence-electron chi connectivity index (χ0n) is 16.3. The average Bonchev–Trinajstić information content (AvgIpc) is 3.32. The van der Waals surface area contributed by atoms with Gasteiger partial charge in [0.25, 0.3) is 0 Å². The van der Waals surface area contributed by atoms with Gasteiger partial charge in [-0.3, -0.25) is 15.1 Å². The second kappa shape index (κ2) is 6.39. The Balaban J connectivity index is 1.39. The Bertz CT molecular complexity index is 1200. The number of pyridine rings is 2. The van der Waals surface area contributed by atoms with Crippen molar-refractivity contribution in [1.82, 2.24) is 25.5 Å². The van der Waals surface area contributed by atoms with Crippen LogP contribution < -0.4 is 10.2 Å². The van der Waals surface area contributed by atoms with Crippen LogP contribution in [-0.2, 0) is 0 Å². The summed E-state index contributed by atoms with van der Waals surface area (Å²) < 4.78 is 0. The van der Waals surface area contributed by atoms with Gasteiger partial charge in [0, 0.05) is 54.4 Å². The van der Waals surface area contributed by atoms with Crippen molar-refractivity contribution < 1.29 is 0 Å². The lowest BCUT2D eigenvalue weighted by atomic mass is 9.96. The Labute approximate surface area is 169 Å². The van der Waals surface area contributed by atoms with Crippen molar-refractivity contribution in [2.24, 2.45) is 5.92 Å². The van der Waals surface area contributed by atoms with E-state index in [0.29, 0.717) is 6.04 Å². The molecule has 0 radical (unpaired) electrons. The van der Waals surface area contributed by atoms with Crippen LogP contribution in [0.2, 0.25) is 0 Å². The predicted octanol–water partition coefficient (Wildman–Crippen LogP) is 3.40. The topological polar surface area (TPSA) is 69.7 Å². The van der Waals surface area contributed by atoms with Crippen molar-refractivity contribution in [3.63, 3.8) is 0 Å². The van der Waals surface area contributed by atoms with Gasteiger partial charge in [0.1, 0.15) is 5.69 Å². The summed E-state index contributed by atoms with van der Waals surface area (Å²) in [6, 6.07) is 15.3. The highest BCUT2D eigenvalue weighted by Crippen LogP contribution is 2.33. The highest BCUT2D eigenvalue weighted by atomic mass is 15.2. The lowest BCUT2D eigenvalue weighted by Crippen LogP contribution is -2.51. The van der Waals surface area contributed by atoms with Crippen molar-refractivity contribution in [2.75, 3.05) is 24.5 Å². The smallest absolute Gasteiger partial charge is 0.118 e. The lowest BCUT2D eigenvalue weighted by molar-refractivity contribution is 0.297. The molecule has 0 bridgehead atoms. The van der Waals surface area contributed by atoms with Gasteiger partial charge in [-0.1, -0.05) is 12.1 Å². The van der Waals surface area contributed by atoms with Gasteiger partial charge in [0.2, 0.25) is 0 Å². The standard InChI is InChI=1S/C23H22N6/c1-14-3-2-4-21(27-14)23-19(11-26-28-23)15-5-6-20-16(7-15)8-18(10-25-20)29-12-17-9-24-22(17)13-29/h2-8,10-11,17,22,24H,9,12-13H2,1H3,(H,26,28). The van der Waals surface area contributed by atoms with Gasteiger partial charge in [-0.15, -0.1) is 0 Å². The summed E-state index contributed by atoms with van der Waals surface area (Å²) in [7, 11) is 0. The number of fused-ring (bicyclic) bond motifs is 2. The number of aryl methyl sites for hydroxylation is 1. The molecule has 2 aliphatic heterocycles. The molecule has 3 aromatic heterocycles. The monoisotopic (exact) mass is 382 g/mol. The second-order valence-electron chi connectivity index (χ2n) is 8.09. The molecule has 2 aliphatic rings. The minimum Gasteiger partial charge on any atom is -0.368 e. The molecule has 2 saturated heterocycles. The third-order valence-electron chi connectivity index (χ3n) is 6.20. The summed E-state index contributed by atoms with van der Waals surface area (Å²) in [5, 5.41) is 12.2. The molecule has 2 fully saturated rings. The molecule has 1 aromatic carbocycles. The number of anilines is 1. The first-order valence-electron chi connectivity index (χ1n) is 10.1. The third kappa shape index (κ3) is 2.79. The summed E-state index contributed by atoms with van der Waals surface area (Å²) in [5.74, 6) is 0.785. The van der Waals surface area contributed by atoms with E-state index in [0.717, 1.165) is 64.7 Å². The molecule has 5 heterocycles. The average molecular weight is 382 g/mol. The predicted molar refractivity (Wildman–Crippen MR) is 115 cm³/mol. The van der Waals surface area contributed by atoms with Crippen molar-refractivity contribution in [3.05, 3.63) is 60.6 Å². The van der Waals surface area contributed by atoms with Crippen LogP contribution in [0, 0.1) is 12.8 Å². The zero-order chi connectivity index (χ0) is 19.4. The molecule has 6 heteroatoms. The first-order chi connectivity index (χ1) is 14.2. The molecule has 6 nitrogen and oxygen atoms in total. The number of aromatic nitrogens is 4. The molecule has 144 valence electrons. The van der Waals surface area contributed by atoms with E-state index in [4.69, 9.17) is 4.98 Å². The van der Waals surface area contributed by atoms with Crippen LogP contribution in [0.3, 0.4) is 0 Å². The van der Waals surface area contributed by atoms with Crippen molar-refractivity contribution in [1.29, 1.82) is 0 Å². The fourth-order valence-corrected chi connectivity index (χ4v) is 4.50. The van der Waals surface area contributed by atoms with Crippen LogP contribution in [0.15, 0.2) is 54.9 Å². The van der Waals surface area contributed by atoms with Crippen molar-refractivity contribution >= 4 is 16.6 Å². The Morgan fingerprint density at radius 2 is 2.07 bits per heavy atom. The molecule has 2 N–H and O–H groups in total. The van der Waals surface area contributed by atoms with Gasteiger partial charge in [0.15, 0.2) is 0 Å². The largest absolute Gasteiger partial charge is 0.368 e. The maximum Gasteiger partial charge on any atom is 0.118 e. The van der Waals surface area contributed by atoms with Crippen molar-refractivity contribution in [3.8, 4) is 22.5 Å². The van der Waals surface area contributed by atoms with E-state index in [-0.39, 0.29) is 0 Å². The van der Waals surface area contributed by atoms with Gasteiger partial charge in [-0.25, -0.2) is 0 Å². The number of aromatic amines is 1. The van der Waals surface area contributed by atoms with Crippen LogP contribution in [-0.4, -0.2) is 45.8 Å². The van der Waals surface area contributed by atoms with Crippen molar-refractivity contribution in [2.45, 2.75) is 13.0 Å². The third-order valence-corrected chi connectivity index (χ3v) is 6.20. The van der Waals surface area contributed by atoms with Gasteiger partial charge >= 0.3 is 0 Å². The number of rotatable bonds is 3. The molecular weight excluding hydrogens is 360 g/mol. The molecule has 2 unspecified atom stereocenters. The van der Waals surface area contributed by atoms with E-state index in [1.807, 2.05) is 37.5 Å². The first-order valence-corrected chi connectivity index (χ1v) is 10.1. The van der Waals surface area contributed by atoms with E-state index in [9.17, 15) is 0 Å². The highest BCUT2D eigenvalue weighted by Gasteiger charge is 2.39. The van der Waals surface area contributed by atoms with Gasteiger partial charge in [0.05, 0.1) is 23.1 Å². The first kappa shape index (κ1) is 16.7. The number of hydrogen-bond acceptors (Lipinski definition) is 5. The maximum atomic E-state index is 4.71. The number of nitrogens with zero attached hydrogens (tertiary/aromatic N) is 4. The van der Waals surface area contributed by atoms with Crippen LogP contribution in [0.4, 0.5) is 5.69 Å². The molecule has 0 saturated carbocycles. The highest BCUT2D eigenvalue weighted by molar-refractivity contribution is 5.89. The van der Waals surface area contributed by atoms with E-state index in [2.05, 4.69) is 49.7 Å². The summed E-state index contributed by atoms with van der Waals surface area (Å²) in [5.41, 5.74) is 7.13. The van der Waals surface area contributed by atoms with Crippen LogP contribution in [0.5, 0.6) is 0 Å². The molecule has 4 aromatic rings. The summed E-state index contributed by atoms with van der Waals surface area (Å²) >= 11 is 0. The fourth-order valence-electron chi connectivity index (χ4n) is 4.50. The second-order valence-corrected chi connectivity index (χ2v) is 8.09. The Morgan fingerprint density at radius 3 is 2.86 bits per heavy atom. The Kier molecular flexibility index (Phi) is 3.67. The number of nitrogens with one attached hydrogen (secondary N) is 2. The molecule has 2 atom stereocenters. The Morgan fingerprint density at radius 1 is 1.10 bits per heavy atom. The quantitative estimate of drug-likeness (QED) is 0.568. The van der Waals surface area contributed by atoms with Gasteiger partial charge < -0.3 is 10.2 Å². The molecule has 0 amide bonds. The van der Waals surface area contributed by atoms with E-state index >= 15 is 0 Å². The normalized spacial score (nSPS) is 20.7.